The van der Waals surface area contributed by atoms with E-state index in [9.17, 15) is 4.79 Å². The van der Waals surface area contributed by atoms with E-state index in [1.165, 1.54) is 6.39 Å². The zero-order valence-electron chi connectivity index (χ0n) is 12.1. The zero-order chi connectivity index (χ0) is 15.5. The van der Waals surface area contributed by atoms with Gasteiger partial charge in [-0.3, -0.25) is 0 Å². The van der Waals surface area contributed by atoms with E-state index in [2.05, 4.69) is 19.9 Å². The number of carbonyl (C=O) groups is 1. The van der Waals surface area contributed by atoms with Crippen molar-refractivity contribution in [3.8, 4) is 11.3 Å². The van der Waals surface area contributed by atoms with E-state index in [1.807, 2.05) is 31.2 Å². The molecule has 0 aliphatic rings. The lowest BCUT2D eigenvalue weighted by atomic mass is 10.1. The van der Waals surface area contributed by atoms with E-state index in [0.29, 0.717) is 17.1 Å². The van der Waals surface area contributed by atoms with Crippen LogP contribution in [0.4, 0.5) is 0 Å². The van der Waals surface area contributed by atoms with Gasteiger partial charge in [0.25, 0.3) is 0 Å². The van der Waals surface area contributed by atoms with E-state index in [4.69, 9.17) is 9.15 Å². The molecule has 0 atom stereocenters. The molecule has 7 heteroatoms. The number of oxazole rings is 1. The molecule has 0 radical (unpaired) electrons. The molecule has 0 fully saturated rings. The number of ether oxygens (including phenoxy) is 1. The number of nitrogens with zero attached hydrogens (tertiary/aromatic N) is 3. The molecule has 3 aromatic rings. The van der Waals surface area contributed by atoms with Gasteiger partial charge in [0.15, 0.2) is 17.8 Å². The van der Waals surface area contributed by atoms with Crippen molar-refractivity contribution < 1.29 is 18.6 Å². The maximum absolute atomic E-state index is 12.1. The Hall–Kier alpha value is -2.96. The van der Waals surface area contributed by atoms with Crippen molar-refractivity contribution in [2.24, 2.45) is 0 Å². The average molecular weight is 299 g/mol. The van der Waals surface area contributed by atoms with Gasteiger partial charge in [-0.2, -0.15) is 0 Å². The predicted molar refractivity (Wildman–Crippen MR) is 74.8 cm³/mol. The Kier molecular flexibility index (Phi) is 3.69. The average Bonchev–Trinajstić information content (AvgIpc) is 3.15. The highest BCUT2D eigenvalue weighted by molar-refractivity contribution is 5.93. The second-order valence-electron chi connectivity index (χ2n) is 4.77. The largest absolute Gasteiger partial charge is 0.454 e. The smallest absolute Gasteiger partial charge is 0.361 e. The SMILES string of the molecule is Cc1ccc(-c2ocnc2C(=O)OCc2nonc2C)cc1. The molecule has 0 unspecified atom stereocenters. The maximum atomic E-state index is 12.1. The van der Waals surface area contributed by atoms with Gasteiger partial charge in [-0.15, -0.1) is 0 Å². The summed E-state index contributed by atoms with van der Waals surface area (Å²) in [6.45, 7) is 3.66. The lowest BCUT2D eigenvalue weighted by Gasteiger charge is -2.03. The molecular formula is C15H13N3O4. The van der Waals surface area contributed by atoms with E-state index in [0.717, 1.165) is 11.1 Å². The lowest BCUT2D eigenvalue weighted by Crippen LogP contribution is -2.07. The summed E-state index contributed by atoms with van der Waals surface area (Å²) in [5.41, 5.74) is 3.04. The van der Waals surface area contributed by atoms with Crippen molar-refractivity contribution in [3.63, 3.8) is 0 Å². The molecule has 0 amide bonds. The van der Waals surface area contributed by atoms with Gasteiger partial charge < -0.3 is 9.15 Å². The fraction of sp³-hybridized carbons (Fsp3) is 0.200. The fourth-order valence-electron chi connectivity index (χ4n) is 1.88. The molecule has 0 saturated carbocycles. The third-order valence-electron chi connectivity index (χ3n) is 3.16. The maximum Gasteiger partial charge on any atom is 0.361 e. The monoisotopic (exact) mass is 299 g/mol. The summed E-state index contributed by atoms with van der Waals surface area (Å²) >= 11 is 0. The molecule has 22 heavy (non-hydrogen) atoms. The van der Waals surface area contributed by atoms with Crippen LogP contribution in [0.5, 0.6) is 0 Å². The Morgan fingerprint density at radius 1 is 1.18 bits per heavy atom. The molecule has 3 rings (SSSR count). The van der Waals surface area contributed by atoms with Gasteiger partial charge in [0, 0.05) is 5.56 Å². The highest BCUT2D eigenvalue weighted by atomic mass is 16.6. The number of rotatable bonds is 4. The first-order valence-electron chi connectivity index (χ1n) is 6.61. The molecule has 0 saturated heterocycles. The Labute approximate surface area is 125 Å². The standard InChI is InChI=1S/C15H13N3O4/c1-9-3-5-11(6-4-9)14-13(16-8-21-14)15(19)20-7-12-10(2)17-22-18-12/h3-6,8H,7H2,1-2H3. The Balaban J connectivity index is 1.78. The molecule has 0 spiro atoms. The van der Waals surface area contributed by atoms with Crippen LogP contribution in [0, 0.1) is 13.8 Å². The van der Waals surface area contributed by atoms with Gasteiger partial charge >= 0.3 is 5.97 Å². The van der Waals surface area contributed by atoms with Crippen LogP contribution in [0.25, 0.3) is 11.3 Å². The molecule has 1 aromatic carbocycles. The van der Waals surface area contributed by atoms with Crippen molar-refractivity contribution in [2.75, 3.05) is 0 Å². The summed E-state index contributed by atoms with van der Waals surface area (Å²) in [5.74, 6) is -0.216. The molecule has 2 heterocycles. The van der Waals surface area contributed by atoms with Gasteiger partial charge in [0.1, 0.15) is 18.0 Å². The van der Waals surface area contributed by atoms with Crippen molar-refractivity contribution >= 4 is 5.97 Å². The third-order valence-corrected chi connectivity index (χ3v) is 3.16. The van der Waals surface area contributed by atoms with Crippen molar-refractivity contribution in [3.05, 3.63) is 53.3 Å². The first-order valence-corrected chi connectivity index (χ1v) is 6.61. The summed E-state index contributed by atoms with van der Waals surface area (Å²) < 4.78 is 15.0. The zero-order valence-corrected chi connectivity index (χ0v) is 12.1. The van der Waals surface area contributed by atoms with E-state index in [-0.39, 0.29) is 12.3 Å². The molecule has 0 aliphatic carbocycles. The van der Waals surface area contributed by atoms with Crippen molar-refractivity contribution in [1.82, 2.24) is 15.3 Å². The van der Waals surface area contributed by atoms with Gasteiger partial charge in [-0.1, -0.05) is 40.1 Å². The van der Waals surface area contributed by atoms with E-state index >= 15 is 0 Å². The van der Waals surface area contributed by atoms with Crippen LogP contribution in [0.1, 0.15) is 27.4 Å². The van der Waals surface area contributed by atoms with E-state index in [1.54, 1.807) is 6.92 Å². The van der Waals surface area contributed by atoms with Crippen LogP contribution < -0.4 is 0 Å². The van der Waals surface area contributed by atoms with Crippen LogP contribution in [0.3, 0.4) is 0 Å². The minimum atomic E-state index is -0.591. The number of aryl methyl sites for hydroxylation is 2. The molecule has 7 nitrogen and oxygen atoms in total. The van der Waals surface area contributed by atoms with Crippen LogP contribution in [-0.2, 0) is 11.3 Å². The lowest BCUT2D eigenvalue weighted by molar-refractivity contribution is 0.0457. The van der Waals surface area contributed by atoms with Crippen LogP contribution in [0.2, 0.25) is 0 Å². The van der Waals surface area contributed by atoms with Crippen LogP contribution >= 0.6 is 0 Å². The molecule has 2 aromatic heterocycles. The Morgan fingerprint density at radius 2 is 1.95 bits per heavy atom. The highest BCUT2D eigenvalue weighted by Crippen LogP contribution is 2.24. The first-order chi connectivity index (χ1) is 10.6. The summed E-state index contributed by atoms with van der Waals surface area (Å²) in [7, 11) is 0. The third kappa shape index (κ3) is 2.73. The number of carbonyl (C=O) groups excluding carboxylic acids is 1. The highest BCUT2D eigenvalue weighted by Gasteiger charge is 2.20. The van der Waals surface area contributed by atoms with Gasteiger partial charge in [-0.05, 0) is 13.8 Å². The molecular weight excluding hydrogens is 286 g/mol. The minimum Gasteiger partial charge on any atom is -0.454 e. The number of esters is 1. The first kappa shape index (κ1) is 14.0. The molecule has 0 aliphatic heterocycles. The summed E-state index contributed by atoms with van der Waals surface area (Å²) in [5, 5.41) is 7.27. The Morgan fingerprint density at radius 3 is 2.64 bits per heavy atom. The predicted octanol–water partition coefficient (Wildman–Crippen LogP) is 2.70. The topological polar surface area (TPSA) is 91.2 Å². The van der Waals surface area contributed by atoms with Gasteiger partial charge in [-0.25, -0.2) is 14.4 Å². The quantitative estimate of drug-likeness (QED) is 0.684. The summed E-state index contributed by atoms with van der Waals surface area (Å²) in [6.07, 6.45) is 1.22. The van der Waals surface area contributed by atoms with Crippen LogP contribution in [0.15, 0.2) is 39.7 Å². The number of hydrogen-bond acceptors (Lipinski definition) is 7. The fourth-order valence-corrected chi connectivity index (χ4v) is 1.88. The van der Waals surface area contributed by atoms with Gasteiger partial charge in [0.2, 0.25) is 0 Å². The second kappa shape index (κ2) is 5.80. The second-order valence-corrected chi connectivity index (χ2v) is 4.77. The number of aromatic nitrogens is 3. The molecule has 0 N–H and O–H groups in total. The number of benzene rings is 1. The summed E-state index contributed by atoms with van der Waals surface area (Å²) in [6, 6.07) is 7.57. The van der Waals surface area contributed by atoms with Crippen molar-refractivity contribution in [2.45, 2.75) is 20.5 Å². The number of hydrogen-bond donors (Lipinski definition) is 0. The molecule has 0 bridgehead atoms. The normalized spacial score (nSPS) is 10.6. The van der Waals surface area contributed by atoms with Crippen LogP contribution in [-0.4, -0.2) is 21.3 Å². The summed E-state index contributed by atoms with van der Waals surface area (Å²) in [4.78, 5) is 16.1. The molecule has 112 valence electrons. The van der Waals surface area contributed by atoms with Gasteiger partial charge in [0.05, 0.1) is 0 Å². The van der Waals surface area contributed by atoms with E-state index < -0.39 is 5.97 Å². The Bertz CT molecular complexity index is 789. The minimum absolute atomic E-state index is 0.0334. The van der Waals surface area contributed by atoms with Crippen molar-refractivity contribution in [1.29, 1.82) is 0 Å².